The fourth-order valence-corrected chi connectivity index (χ4v) is 2.94. The highest BCUT2D eigenvalue weighted by Gasteiger charge is 2.21. The number of rotatable bonds is 4. The quantitative estimate of drug-likeness (QED) is 0.781. The predicted octanol–water partition coefficient (Wildman–Crippen LogP) is 5.48. The van der Waals surface area contributed by atoms with Crippen LogP contribution in [0.25, 0.3) is 0 Å². The first-order valence-corrected chi connectivity index (χ1v) is 7.30. The lowest BCUT2D eigenvalue weighted by Gasteiger charge is -2.22. The summed E-state index contributed by atoms with van der Waals surface area (Å²) >= 11 is 18.7. The first kappa shape index (κ1) is 15.6. The summed E-state index contributed by atoms with van der Waals surface area (Å²) in [5.41, 5.74) is 1.31. The summed E-state index contributed by atoms with van der Waals surface area (Å²) < 4.78 is 13.5. The normalized spacial score (nSPS) is 12.4. The van der Waals surface area contributed by atoms with Crippen LogP contribution >= 0.6 is 34.8 Å². The van der Waals surface area contributed by atoms with Gasteiger partial charge in [-0.1, -0.05) is 47.8 Å². The topological polar surface area (TPSA) is 12.0 Å². The van der Waals surface area contributed by atoms with Crippen molar-refractivity contribution in [2.24, 2.45) is 0 Å². The number of benzene rings is 2. The molecule has 0 aliphatic rings. The van der Waals surface area contributed by atoms with Crippen LogP contribution in [0.5, 0.6) is 0 Å². The SMILES string of the molecule is CCNC(c1cc(F)ccc1Cl)c1c(Cl)cccc1Cl. The van der Waals surface area contributed by atoms with Crippen LogP contribution in [0.4, 0.5) is 4.39 Å². The van der Waals surface area contributed by atoms with Gasteiger partial charge in [-0.25, -0.2) is 4.39 Å². The summed E-state index contributed by atoms with van der Waals surface area (Å²) in [5, 5.41) is 4.75. The van der Waals surface area contributed by atoms with Crippen LogP contribution in [0.1, 0.15) is 24.1 Å². The van der Waals surface area contributed by atoms with Crippen molar-refractivity contribution in [1.29, 1.82) is 0 Å². The van der Waals surface area contributed by atoms with E-state index in [0.717, 1.165) is 0 Å². The van der Waals surface area contributed by atoms with Crippen molar-refractivity contribution < 1.29 is 4.39 Å². The van der Waals surface area contributed by atoms with Crippen molar-refractivity contribution >= 4 is 34.8 Å². The zero-order chi connectivity index (χ0) is 14.7. The third-order valence-corrected chi connectivity index (χ3v) is 3.97. The van der Waals surface area contributed by atoms with Crippen LogP contribution in [-0.2, 0) is 0 Å². The van der Waals surface area contributed by atoms with Gasteiger partial charge in [0.1, 0.15) is 5.82 Å². The fourth-order valence-electron chi connectivity index (χ4n) is 2.09. The van der Waals surface area contributed by atoms with Gasteiger partial charge in [0.2, 0.25) is 0 Å². The number of hydrogen-bond donors (Lipinski definition) is 1. The predicted molar refractivity (Wildman–Crippen MR) is 83.4 cm³/mol. The summed E-state index contributed by atoms with van der Waals surface area (Å²) in [6.07, 6.45) is 0. The highest BCUT2D eigenvalue weighted by atomic mass is 35.5. The van der Waals surface area contributed by atoms with Crippen molar-refractivity contribution in [3.05, 3.63) is 68.4 Å². The second kappa shape index (κ2) is 6.77. The maximum atomic E-state index is 13.5. The average Bonchev–Trinajstić information content (AvgIpc) is 2.40. The van der Waals surface area contributed by atoms with E-state index in [4.69, 9.17) is 34.8 Å². The molecule has 0 heterocycles. The molecule has 0 spiro atoms. The molecule has 0 saturated heterocycles. The number of halogens is 4. The molecule has 1 nitrogen and oxygen atoms in total. The minimum absolute atomic E-state index is 0.351. The lowest BCUT2D eigenvalue weighted by atomic mass is 9.98. The fraction of sp³-hybridized carbons (Fsp3) is 0.200. The molecule has 1 unspecified atom stereocenters. The molecule has 0 aromatic heterocycles. The van der Waals surface area contributed by atoms with Gasteiger partial charge in [0, 0.05) is 20.6 Å². The Morgan fingerprint density at radius 2 is 1.70 bits per heavy atom. The van der Waals surface area contributed by atoms with Crippen molar-refractivity contribution in [3.8, 4) is 0 Å². The van der Waals surface area contributed by atoms with Crippen LogP contribution in [-0.4, -0.2) is 6.54 Å². The van der Waals surface area contributed by atoms with Gasteiger partial charge in [-0.05, 0) is 42.4 Å². The molecular weight excluding hydrogens is 320 g/mol. The van der Waals surface area contributed by atoms with Gasteiger partial charge in [-0.2, -0.15) is 0 Å². The molecule has 1 N–H and O–H groups in total. The molecule has 0 bridgehead atoms. The smallest absolute Gasteiger partial charge is 0.123 e. The molecule has 2 aromatic rings. The third-order valence-electron chi connectivity index (χ3n) is 2.97. The Morgan fingerprint density at radius 3 is 2.30 bits per heavy atom. The largest absolute Gasteiger partial charge is 0.306 e. The van der Waals surface area contributed by atoms with Crippen LogP contribution in [0.15, 0.2) is 36.4 Å². The maximum Gasteiger partial charge on any atom is 0.123 e. The molecule has 5 heteroatoms. The van der Waals surface area contributed by atoms with E-state index < -0.39 is 0 Å². The van der Waals surface area contributed by atoms with Gasteiger partial charge in [-0.15, -0.1) is 0 Å². The average molecular weight is 333 g/mol. The maximum absolute atomic E-state index is 13.5. The van der Waals surface area contributed by atoms with Crippen molar-refractivity contribution in [1.82, 2.24) is 5.32 Å². The van der Waals surface area contributed by atoms with Crippen molar-refractivity contribution in [2.75, 3.05) is 6.54 Å². The Morgan fingerprint density at radius 1 is 1.05 bits per heavy atom. The van der Waals surface area contributed by atoms with Gasteiger partial charge >= 0.3 is 0 Å². The highest BCUT2D eigenvalue weighted by Crippen LogP contribution is 2.36. The van der Waals surface area contributed by atoms with Gasteiger partial charge in [0.25, 0.3) is 0 Å². The lowest BCUT2D eigenvalue weighted by Crippen LogP contribution is -2.23. The van der Waals surface area contributed by atoms with E-state index in [1.54, 1.807) is 18.2 Å². The number of hydrogen-bond acceptors (Lipinski definition) is 1. The van der Waals surface area contributed by atoms with Gasteiger partial charge < -0.3 is 5.32 Å². The zero-order valence-electron chi connectivity index (χ0n) is 10.8. The van der Waals surface area contributed by atoms with Gasteiger partial charge in [-0.3, -0.25) is 0 Å². The van der Waals surface area contributed by atoms with E-state index >= 15 is 0 Å². The summed E-state index contributed by atoms with van der Waals surface area (Å²) in [6, 6.07) is 9.16. The van der Waals surface area contributed by atoms with E-state index in [-0.39, 0.29) is 11.9 Å². The molecule has 0 radical (unpaired) electrons. The summed E-state index contributed by atoms with van der Waals surface area (Å²) in [4.78, 5) is 0. The van der Waals surface area contributed by atoms with Gasteiger partial charge in [0.05, 0.1) is 6.04 Å². The Balaban J connectivity index is 2.59. The standard InChI is InChI=1S/C15H13Cl3FN/c1-2-20-15(10-8-9(19)6-7-11(10)16)14-12(17)4-3-5-13(14)18/h3-8,15,20H,2H2,1H3. The van der Waals surface area contributed by atoms with Crippen LogP contribution < -0.4 is 5.32 Å². The third kappa shape index (κ3) is 3.26. The van der Waals surface area contributed by atoms with E-state index in [0.29, 0.717) is 32.7 Å². The molecule has 0 aliphatic carbocycles. The second-order valence-electron chi connectivity index (χ2n) is 4.29. The number of nitrogens with one attached hydrogen (secondary N) is 1. The van der Waals surface area contributed by atoms with Crippen molar-refractivity contribution in [2.45, 2.75) is 13.0 Å². The van der Waals surface area contributed by atoms with E-state index in [9.17, 15) is 4.39 Å². The summed E-state index contributed by atoms with van der Waals surface area (Å²) in [5.74, 6) is -0.351. The van der Waals surface area contributed by atoms with Crippen molar-refractivity contribution in [3.63, 3.8) is 0 Å². The monoisotopic (exact) mass is 331 g/mol. The van der Waals surface area contributed by atoms with Crippen LogP contribution in [0.3, 0.4) is 0 Å². The summed E-state index contributed by atoms with van der Waals surface area (Å²) in [7, 11) is 0. The molecular formula is C15H13Cl3FN. The first-order valence-electron chi connectivity index (χ1n) is 6.16. The summed E-state index contributed by atoms with van der Waals surface area (Å²) in [6.45, 7) is 2.62. The van der Waals surface area contributed by atoms with Gasteiger partial charge in [0.15, 0.2) is 0 Å². The molecule has 0 amide bonds. The van der Waals surface area contributed by atoms with E-state index in [1.807, 2.05) is 6.92 Å². The molecule has 1 atom stereocenters. The molecule has 0 saturated carbocycles. The Bertz CT molecular complexity index is 596. The van der Waals surface area contributed by atoms with E-state index in [1.165, 1.54) is 18.2 Å². The van der Waals surface area contributed by atoms with E-state index in [2.05, 4.69) is 5.32 Å². The first-order chi connectivity index (χ1) is 9.54. The van der Waals surface area contributed by atoms with Crippen LogP contribution in [0.2, 0.25) is 15.1 Å². The molecule has 0 fully saturated rings. The van der Waals surface area contributed by atoms with Crippen LogP contribution in [0, 0.1) is 5.82 Å². The zero-order valence-corrected chi connectivity index (χ0v) is 13.0. The molecule has 106 valence electrons. The molecule has 20 heavy (non-hydrogen) atoms. The molecule has 0 aliphatic heterocycles. The minimum atomic E-state index is -0.357. The highest BCUT2D eigenvalue weighted by molar-refractivity contribution is 6.36. The minimum Gasteiger partial charge on any atom is -0.306 e. The Labute approximate surface area is 132 Å². The second-order valence-corrected chi connectivity index (χ2v) is 5.51. The lowest BCUT2D eigenvalue weighted by molar-refractivity contribution is 0.603. The Hall–Kier alpha value is -0.800. The Kier molecular flexibility index (Phi) is 5.28. The molecule has 2 aromatic carbocycles. The molecule has 2 rings (SSSR count).